The molecule has 0 radical (unpaired) electrons. The maximum atomic E-state index is 5.69. The van der Waals surface area contributed by atoms with E-state index in [1.165, 1.54) is 56.2 Å². The highest BCUT2D eigenvalue weighted by atomic mass is 79.9. The molecule has 0 saturated carbocycles. The molecule has 5 heteroatoms. The predicted octanol–water partition coefficient (Wildman–Crippen LogP) is 6.31. The molecule has 0 aliphatic rings. The van der Waals surface area contributed by atoms with Gasteiger partial charge < -0.3 is 0 Å². The summed E-state index contributed by atoms with van der Waals surface area (Å²) < 4.78 is 2.26. The van der Waals surface area contributed by atoms with Gasteiger partial charge >= 0.3 is 0 Å². The standard InChI is InChI=1S/C15H26Br2N2S/c1-2-3-4-5-6-7-8-9-10-13(19-18)14-11-12(16)15(17)20-14/h11,13,19H,2-10,18H2,1H3. The largest absolute Gasteiger partial charge is 0.271 e. The molecule has 0 aliphatic heterocycles. The Morgan fingerprint density at radius 1 is 1.10 bits per heavy atom. The van der Waals surface area contributed by atoms with Crippen LogP contribution < -0.4 is 11.3 Å². The highest BCUT2D eigenvalue weighted by Crippen LogP contribution is 2.36. The molecular formula is C15H26Br2N2S. The van der Waals surface area contributed by atoms with Crippen LogP contribution in [0.15, 0.2) is 14.3 Å². The fourth-order valence-corrected chi connectivity index (χ4v) is 4.51. The van der Waals surface area contributed by atoms with Crippen molar-refractivity contribution in [3.63, 3.8) is 0 Å². The molecule has 2 nitrogen and oxygen atoms in total. The van der Waals surface area contributed by atoms with E-state index in [0.29, 0.717) is 0 Å². The maximum absolute atomic E-state index is 5.69. The number of nitrogens with two attached hydrogens (primary N) is 1. The molecule has 0 bridgehead atoms. The molecule has 1 atom stereocenters. The zero-order chi connectivity index (χ0) is 14.8. The SMILES string of the molecule is CCCCCCCCCCC(NN)c1cc(Br)c(Br)s1. The smallest absolute Gasteiger partial charge is 0.0843 e. The van der Waals surface area contributed by atoms with Crippen LogP contribution in [0.25, 0.3) is 0 Å². The minimum Gasteiger partial charge on any atom is -0.271 e. The van der Waals surface area contributed by atoms with Gasteiger partial charge in [-0.15, -0.1) is 11.3 Å². The van der Waals surface area contributed by atoms with Crippen LogP contribution in [0.2, 0.25) is 0 Å². The third-order valence-electron chi connectivity index (χ3n) is 3.56. The van der Waals surface area contributed by atoms with Crippen LogP contribution in [0, 0.1) is 0 Å². The van der Waals surface area contributed by atoms with Crippen molar-refractivity contribution in [3.8, 4) is 0 Å². The Labute approximate surface area is 144 Å². The Balaban J connectivity index is 2.16. The lowest BCUT2D eigenvalue weighted by molar-refractivity contribution is 0.480. The van der Waals surface area contributed by atoms with Crippen LogP contribution in [0.5, 0.6) is 0 Å². The van der Waals surface area contributed by atoms with Crippen molar-refractivity contribution in [2.75, 3.05) is 0 Å². The van der Waals surface area contributed by atoms with Gasteiger partial charge in [0.25, 0.3) is 0 Å². The molecular weight excluding hydrogens is 400 g/mol. The molecule has 0 saturated heterocycles. The van der Waals surface area contributed by atoms with Crippen molar-refractivity contribution >= 4 is 43.2 Å². The molecule has 0 aliphatic carbocycles. The number of hydrogen-bond acceptors (Lipinski definition) is 3. The first kappa shape index (κ1) is 18.6. The second-order valence-electron chi connectivity index (χ2n) is 5.25. The predicted molar refractivity (Wildman–Crippen MR) is 97.0 cm³/mol. The molecule has 1 heterocycles. The lowest BCUT2D eigenvalue weighted by Crippen LogP contribution is -2.27. The van der Waals surface area contributed by atoms with E-state index in [-0.39, 0.29) is 6.04 Å². The molecule has 1 aromatic rings. The van der Waals surface area contributed by atoms with Gasteiger partial charge in [0.2, 0.25) is 0 Å². The van der Waals surface area contributed by atoms with Gasteiger partial charge in [0.15, 0.2) is 0 Å². The number of unbranched alkanes of at least 4 members (excludes halogenated alkanes) is 7. The number of nitrogens with one attached hydrogen (secondary N) is 1. The van der Waals surface area contributed by atoms with Crippen LogP contribution >= 0.6 is 43.2 Å². The summed E-state index contributed by atoms with van der Waals surface area (Å²) >= 11 is 8.82. The number of halogens is 2. The first-order valence-corrected chi connectivity index (χ1v) is 10.00. The lowest BCUT2D eigenvalue weighted by Gasteiger charge is -2.13. The summed E-state index contributed by atoms with van der Waals surface area (Å²) in [6.45, 7) is 2.27. The van der Waals surface area contributed by atoms with E-state index >= 15 is 0 Å². The fourth-order valence-electron chi connectivity index (χ4n) is 2.33. The Hall–Kier alpha value is 0.580. The van der Waals surface area contributed by atoms with Crippen LogP contribution in [0.1, 0.15) is 75.6 Å². The van der Waals surface area contributed by atoms with E-state index in [1.807, 2.05) is 0 Å². The minimum absolute atomic E-state index is 0.280. The van der Waals surface area contributed by atoms with E-state index in [0.717, 1.165) is 14.7 Å². The highest BCUT2D eigenvalue weighted by molar-refractivity contribution is 9.13. The van der Waals surface area contributed by atoms with E-state index in [9.17, 15) is 0 Å². The van der Waals surface area contributed by atoms with E-state index in [1.54, 1.807) is 11.3 Å². The van der Waals surface area contributed by atoms with Crippen molar-refractivity contribution in [1.82, 2.24) is 5.43 Å². The molecule has 3 N–H and O–H groups in total. The summed E-state index contributed by atoms with van der Waals surface area (Å²) in [6.07, 6.45) is 11.9. The van der Waals surface area contributed by atoms with Gasteiger partial charge in [-0.3, -0.25) is 11.3 Å². The van der Waals surface area contributed by atoms with Crippen molar-refractivity contribution in [2.45, 2.75) is 70.8 Å². The van der Waals surface area contributed by atoms with Crippen molar-refractivity contribution in [1.29, 1.82) is 0 Å². The molecule has 0 amide bonds. The quantitative estimate of drug-likeness (QED) is 0.247. The van der Waals surface area contributed by atoms with Crippen LogP contribution in [-0.4, -0.2) is 0 Å². The summed E-state index contributed by atoms with van der Waals surface area (Å²) in [5.41, 5.74) is 2.95. The first-order valence-electron chi connectivity index (χ1n) is 7.59. The maximum Gasteiger partial charge on any atom is 0.0843 e. The lowest BCUT2D eigenvalue weighted by atomic mass is 10.0. The molecule has 1 unspecified atom stereocenters. The average Bonchev–Trinajstić information content (AvgIpc) is 2.77. The van der Waals surface area contributed by atoms with Crippen LogP contribution in [-0.2, 0) is 0 Å². The summed E-state index contributed by atoms with van der Waals surface area (Å²) in [6, 6.07) is 2.44. The van der Waals surface area contributed by atoms with E-state index in [2.05, 4.69) is 50.3 Å². The second kappa shape index (κ2) is 11.2. The Kier molecular flexibility index (Phi) is 10.4. The fraction of sp³-hybridized carbons (Fsp3) is 0.733. The van der Waals surface area contributed by atoms with Crippen LogP contribution in [0.3, 0.4) is 0 Å². The first-order chi connectivity index (χ1) is 9.69. The summed E-state index contributed by atoms with van der Waals surface area (Å²) in [4.78, 5) is 1.30. The number of hydrazine groups is 1. The monoisotopic (exact) mass is 424 g/mol. The molecule has 116 valence electrons. The van der Waals surface area contributed by atoms with Gasteiger partial charge in [-0.25, -0.2) is 0 Å². The highest BCUT2D eigenvalue weighted by Gasteiger charge is 2.14. The van der Waals surface area contributed by atoms with Crippen LogP contribution in [0.4, 0.5) is 0 Å². The van der Waals surface area contributed by atoms with Crippen molar-refractivity contribution < 1.29 is 0 Å². The van der Waals surface area contributed by atoms with E-state index in [4.69, 9.17) is 5.84 Å². The topological polar surface area (TPSA) is 38.0 Å². The Morgan fingerprint density at radius 3 is 2.20 bits per heavy atom. The van der Waals surface area contributed by atoms with Gasteiger partial charge in [0.1, 0.15) is 0 Å². The number of thiophene rings is 1. The number of hydrogen-bond donors (Lipinski definition) is 2. The van der Waals surface area contributed by atoms with Gasteiger partial charge in [-0.1, -0.05) is 58.3 Å². The Bertz CT molecular complexity index is 349. The third-order valence-corrected chi connectivity index (χ3v) is 6.93. The molecule has 1 aromatic heterocycles. The molecule has 0 aromatic carbocycles. The van der Waals surface area contributed by atoms with Gasteiger partial charge in [0, 0.05) is 9.35 Å². The average molecular weight is 426 g/mol. The van der Waals surface area contributed by atoms with E-state index < -0.39 is 0 Å². The number of rotatable bonds is 11. The zero-order valence-corrected chi connectivity index (χ0v) is 16.2. The molecule has 0 fully saturated rings. The van der Waals surface area contributed by atoms with Crippen molar-refractivity contribution in [3.05, 3.63) is 19.2 Å². The third kappa shape index (κ3) is 7.03. The van der Waals surface area contributed by atoms with Gasteiger partial charge in [0.05, 0.1) is 9.83 Å². The summed E-state index contributed by atoms with van der Waals surface area (Å²) in [5.74, 6) is 5.69. The van der Waals surface area contributed by atoms with Crippen molar-refractivity contribution in [2.24, 2.45) is 5.84 Å². The summed E-state index contributed by atoms with van der Waals surface area (Å²) in [7, 11) is 0. The molecule has 0 spiro atoms. The Morgan fingerprint density at radius 2 is 1.70 bits per heavy atom. The zero-order valence-electron chi connectivity index (χ0n) is 12.3. The normalized spacial score (nSPS) is 12.8. The van der Waals surface area contributed by atoms with Gasteiger partial charge in [-0.2, -0.15) is 0 Å². The summed E-state index contributed by atoms with van der Waals surface area (Å²) in [5, 5.41) is 0. The van der Waals surface area contributed by atoms with Gasteiger partial charge in [-0.05, 0) is 44.3 Å². The molecule has 1 rings (SSSR count). The second-order valence-corrected chi connectivity index (χ2v) is 8.51. The molecule has 20 heavy (non-hydrogen) atoms. The minimum atomic E-state index is 0.280.